The molecule has 84 valence electrons. The SMILES string of the molecule is CCOC(CCSc1ncco1)C(=O)O. The molecule has 0 amide bonds. The molecule has 0 aliphatic heterocycles. The molecule has 6 heteroatoms. The van der Waals surface area contributed by atoms with Crippen molar-refractivity contribution in [2.45, 2.75) is 24.7 Å². The van der Waals surface area contributed by atoms with Crippen molar-refractivity contribution < 1.29 is 19.1 Å². The number of nitrogens with zero attached hydrogens (tertiary/aromatic N) is 1. The van der Waals surface area contributed by atoms with Crippen LogP contribution in [0.5, 0.6) is 0 Å². The highest BCUT2D eigenvalue weighted by atomic mass is 32.2. The van der Waals surface area contributed by atoms with E-state index in [9.17, 15) is 4.79 Å². The third-order valence-corrected chi connectivity index (χ3v) is 2.55. The summed E-state index contributed by atoms with van der Waals surface area (Å²) in [4.78, 5) is 14.6. The first kappa shape index (κ1) is 12.1. The van der Waals surface area contributed by atoms with Gasteiger partial charge >= 0.3 is 5.97 Å². The molecule has 0 aromatic carbocycles. The van der Waals surface area contributed by atoms with E-state index in [0.717, 1.165) is 0 Å². The minimum Gasteiger partial charge on any atom is -0.479 e. The summed E-state index contributed by atoms with van der Waals surface area (Å²) in [5, 5.41) is 9.34. The monoisotopic (exact) mass is 231 g/mol. The molecular weight excluding hydrogens is 218 g/mol. The molecule has 1 unspecified atom stereocenters. The minimum absolute atomic E-state index is 0.403. The second-order valence-corrected chi connectivity index (χ2v) is 3.76. The summed E-state index contributed by atoms with van der Waals surface area (Å²) in [6.07, 6.45) is 2.74. The van der Waals surface area contributed by atoms with Gasteiger partial charge in [0.25, 0.3) is 5.22 Å². The van der Waals surface area contributed by atoms with Crippen LogP contribution in [0.25, 0.3) is 0 Å². The summed E-state index contributed by atoms with van der Waals surface area (Å²) >= 11 is 1.38. The summed E-state index contributed by atoms with van der Waals surface area (Å²) in [7, 11) is 0. The molecule has 0 spiro atoms. The Labute approximate surface area is 91.8 Å². The van der Waals surface area contributed by atoms with E-state index in [1.165, 1.54) is 18.0 Å². The number of carboxylic acids is 1. The lowest BCUT2D eigenvalue weighted by molar-refractivity contribution is -0.150. The lowest BCUT2D eigenvalue weighted by Crippen LogP contribution is -2.24. The van der Waals surface area contributed by atoms with Crippen LogP contribution in [0.4, 0.5) is 0 Å². The molecule has 1 heterocycles. The Hall–Kier alpha value is -1.01. The van der Waals surface area contributed by atoms with Crippen molar-refractivity contribution in [3.8, 4) is 0 Å². The number of carboxylic acid groups (broad SMARTS) is 1. The van der Waals surface area contributed by atoms with Crippen molar-refractivity contribution in [3.05, 3.63) is 12.5 Å². The number of carbonyl (C=O) groups is 1. The molecule has 1 N–H and O–H groups in total. The zero-order chi connectivity index (χ0) is 11.1. The molecule has 0 saturated heterocycles. The standard InChI is InChI=1S/C9H13NO4S/c1-2-13-7(8(11)12)3-6-15-9-10-4-5-14-9/h4-5,7H,2-3,6H2,1H3,(H,11,12). The molecule has 0 bridgehead atoms. The van der Waals surface area contributed by atoms with Gasteiger partial charge < -0.3 is 14.3 Å². The van der Waals surface area contributed by atoms with Crippen LogP contribution in [0.15, 0.2) is 22.1 Å². The molecule has 0 aliphatic carbocycles. The van der Waals surface area contributed by atoms with Crippen molar-refractivity contribution in [1.82, 2.24) is 4.98 Å². The number of thioether (sulfide) groups is 1. The first-order valence-electron chi connectivity index (χ1n) is 4.60. The number of hydrogen-bond acceptors (Lipinski definition) is 5. The molecule has 1 atom stereocenters. The van der Waals surface area contributed by atoms with Gasteiger partial charge in [0, 0.05) is 12.4 Å². The van der Waals surface area contributed by atoms with Gasteiger partial charge in [-0.25, -0.2) is 9.78 Å². The van der Waals surface area contributed by atoms with Crippen LogP contribution in [-0.2, 0) is 9.53 Å². The number of hydrogen-bond donors (Lipinski definition) is 1. The van der Waals surface area contributed by atoms with E-state index in [1.807, 2.05) is 0 Å². The fourth-order valence-electron chi connectivity index (χ4n) is 1.01. The Morgan fingerprint density at radius 3 is 3.13 bits per heavy atom. The molecule has 0 aliphatic rings. The molecule has 5 nitrogen and oxygen atoms in total. The normalized spacial score (nSPS) is 12.6. The highest BCUT2D eigenvalue weighted by Crippen LogP contribution is 2.17. The predicted octanol–water partition coefficient (Wildman–Crippen LogP) is 1.65. The van der Waals surface area contributed by atoms with Crippen LogP contribution in [-0.4, -0.2) is 34.5 Å². The number of oxazole rings is 1. The Morgan fingerprint density at radius 2 is 2.60 bits per heavy atom. The average molecular weight is 231 g/mol. The van der Waals surface area contributed by atoms with E-state index in [1.54, 1.807) is 13.1 Å². The smallest absolute Gasteiger partial charge is 0.332 e. The molecule has 1 rings (SSSR count). The molecule has 1 aromatic rings. The van der Waals surface area contributed by atoms with Crippen LogP contribution >= 0.6 is 11.8 Å². The molecule has 0 radical (unpaired) electrons. The number of ether oxygens (including phenoxy) is 1. The van der Waals surface area contributed by atoms with Gasteiger partial charge in [0.05, 0.1) is 6.20 Å². The Kier molecular flexibility index (Phi) is 5.20. The zero-order valence-corrected chi connectivity index (χ0v) is 9.20. The Balaban J connectivity index is 2.25. The summed E-state index contributed by atoms with van der Waals surface area (Å²) in [5.41, 5.74) is 0. The van der Waals surface area contributed by atoms with Crippen molar-refractivity contribution in [1.29, 1.82) is 0 Å². The Bertz CT molecular complexity index is 288. The fraction of sp³-hybridized carbons (Fsp3) is 0.556. The van der Waals surface area contributed by atoms with Gasteiger partial charge in [0.2, 0.25) is 0 Å². The van der Waals surface area contributed by atoms with Crippen molar-refractivity contribution in [2.75, 3.05) is 12.4 Å². The predicted molar refractivity (Wildman–Crippen MR) is 54.9 cm³/mol. The first-order valence-corrected chi connectivity index (χ1v) is 5.59. The third kappa shape index (κ3) is 4.35. The average Bonchev–Trinajstić information content (AvgIpc) is 2.69. The second kappa shape index (κ2) is 6.47. The number of aromatic nitrogens is 1. The van der Waals surface area contributed by atoms with Crippen LogP contribution in [0, 0.1) is 0 Å². The molecule has 0 saturated carbocycles. The maximum atomic E-state index is 10.7. The van der Waals surface area contributed by atoms with E-state index in [2.05, 4.69) is 4.98 Å². The van der Waals surface area contributed by atoms with Gasteiger partial charge in [-0.3, -0.25) is 0 Å². The topological polar surface area (TPSA) is 72.6 Å². The first-order chi connectivity index (χ1) is 7.24. The second-order valence-electron chi connectivity index (χ2n) is 2.72. The van der Waals surface area contributed by atoms with Crippen LogP contribution in [0.1, 0.15) is 13.3 Å². The van der Waals surface area contributed by atoms with Gasteiger partial charge in [-0.05, 0) is 13.3 Å². The molecule has 1 aromatic heterocycles. The van der Waals surface area contributed by atoms with Crippen molar-refractivity contribution >= 4 is 17.7 Å². The van der Waals surface area contributed by atoms with Crippen molar-refractivity contribution in [2.24, 2.45) is 0 Å². The third-order valence-electron chi connectivity index (χ3n) is 1.66. The largest absolute Gasteiger partial charge is 0.479 e. The highest BCUT2D eigenvalue weighted by molar-refractivity contribution is 7.99. The lowest BCUT2D eigenvalue weighted by Gasteiger charge is -2.10. The van der Waals surface area contributed by atoms with Crippen LogP contribution in [0.3, 0.4) is 0 Å². The van der Waals surface area contributed by atoms with Gasteiger partial charge in [-0.15, -0.1) is 0 Å². The summed E-state index contributed by atoms with van der Waals surface area (Å²) in [6.45, 7) is 2.18. The molecular formula is C9H13NO4S. The van der Waals surface area contributed by atoms with Gasteiger partial charge in [0.15, 0.2) is 6.10 Å². The van der Waals surface area contributed by atoms with Crippen LogP contribution < -0.4 is 0 Å². The van der Waals surface area contributed by atoms with E-state index >= 15 is 0 Å². The maximum absolute atomic E-state index is 10.7. The van der Waals surface area contributed by atoms with E-state index in [4.69, 9.17) is 14.3 Å². The lowest BCUT2D eigenvalue weighted by atomic mass is 10.3. The minimum atomic E-state index is -0.926. The number of aliphatic carboxylic acids is 1. The van der Waals surface area contributed by atoms with Crippen LogP contribution in [0.2, 0.25) is 0 Å². The van der Waals surface area contributed by atoms with Gasteiger partial charge in [0.1, 0.15) is 6.26 Å². The summed E-state index contributed by atoms with van der Waals surface area (Å²) < 4.78 is 10.1. The maximum Gasteiger partial charge on any atom is 0.332 e. The van der Waals surface area contributed by atoms with E-state index in [-0.39, 0.29) is 0 Å². The summed E-state index contributed by atoms with van der Waals surface area (Å²) in [6, 6.07) is 0. The molecule has 0 fully saturated rings. The highest BCUT2D eigenvalue weighted by Gasteiger charge is 2.17. The number of rotatable bonds is 7. The fourth-order valence-corrected chi connectivity index (χ4v) is 1.78. The quantitative estimate of drug-likeness (QED) is 0.719. The zero-order valence-electron chi connectivity index (χ0n) is 8.38. The van der Waals surface area contributed by atoms with Gasteiger partial charge in [-0.1, -0.05) is 11.8 Å². The van der Waals surface area contributed by atoms with Crippen molar-refractivity contribution in [3.63, 3.8) is 0 Å². The molecule has 15 heavy (non-hydrogen) atoms. The van der Waals surface area contributed by atoms with Gasteiger partial charge in [-0.2, -0.15) is 0 Å². The van der Waals surface area contributed by atoms with E-state index in [0.29, 0.717) is 24.0 Å². The Morgan fingerprint density at radius 1 is 1.80 bits per heavy atom. The van der Waals surface area contributed by atoms with E-state index < -0.39 is 12.1 Å². The summed E-state index contributed by atoms with van der Waals surface area (Å²) in [5.74, 6) is -0.317.